The summed E-state index contributed by atoms with van der Waals surface area (Å²) in [5, 5.41) is 20.7. The van der Waals surface area contributed by atoms with Crippen LogP contribution in [0.15, 0.2) is 24.3 Å². The van der Waals surface area contributed by atoms with Gasteiger partial charge in [-0.25, -0.2) is 9.37 Å². The molecule has 0 fully saturated rings. The number of nitrogens with zero attached hydrogens (tertiary/aromatic N) is 3. The predicted molar refractivity (Wildman–Crippen MR) is 72.1 cm³/mol. The van der Waals surface area contributed by atoms with E-state index in [9.17, 15) is 4.39 Å². The number of nitriles is 1. The van der Waals surface area contributed by atoms with Crippen LogP contribution in [-0.4, -0.2) is 28.2 Å². The van der Waals surface area contributed by atoms with Crippen LogP contribution in [-0.2, 0) is 0 Å². The lowest BCUT2D eigenvalue weighted by Crippen LogP contribution is -2.11. The van der Waals surface area contributed by atoms with Crippen LogP contribution in [0.3, 0.4) is 0 Å². The Labute approximate surface area is 114 Å². The highest BCUT2D eigenvalue weighted by Gasteiger charge is 2.14. The summed E-state index contributed by atoms with van der Waals surface area (Å²) < 4.78 is 12.9. The van der Waals surface area contributed by atoms with E-state index in [-0.39, 0.29) is 36.3 Å². The number of hydrogen-bond donors (Lipinski definition) is 3. The Kier molecular flexibility index (Phi) is 4.08. The first-order chi connectivity index (χ1) is 9.65. The van der Waals surface area contributed by atoms with Gasteiger partial charge < -0.3 is 16.2 Å². The number of aliphatic hydroxyl groups excluding tert-OH is 1. The van der Waals surface area contributed by atoms with E-state index < -0.39 is 0 Å². The van der Waals surface area contributed by atoms with Gasteiger partial charge in [0.15, 0.2) is 0 Å². The van der Waals surface area contributed by atoms with Gasteiger partial charge in [-0.15, -0.1) is 0 Å². The Morgan fingerprint density at radius 3 is 2.60 bits per heavy atom. The number of nitrogen functional groups attached to an aromatic ring is 1. The average Bonchev–Trinajstić information content (AvgIpc) is 2.45. The molecule has 4 N–H and O–H groups in total. The molecule has 0 saturated heterocycles. The lowest BCUT2D eigenvalue weighted by atomic mass is 10.1. The normalized spacial score (nSPS) is 10.1. The van der Waals surface area contributed by atoms with E-state index in [0.717, 1.165) is 0 Å². The van der Waals surface area contributed by atoms with Crippen LogP contribution in [0.4, 0.5) is 16.2 Å². The molecule has 2 rings (SSSR count). The Bertz CT molecular complexity index is 651. The number of nitrogens with one attached hydrogen (secondary N) is 1. The van der Waals surface area contributed by atoms with Gasteiger partial charge in [-0.05, 0) is 24.3 Å². The number of benzene rings is 1. The fourth-order valence-electron chi connectivity index (χ4n) is 1.65. The molecule has 2 aromatic rings. The van der Waals surface area contributed by atoms with Crippen molar-refractivity contribution in [3.05, 3.63) is 35.6 Å². The van der Waals surface area contributed by atoms with Crippen molar-refractivity contribution in [1.82, 2.24) is 9.97 Å². The highest BCUT2D eigenvalue weighted by atomic mass is 19.1. The van der Waals surface area contributed by atoms with E-state index in [2.05, 4.69) is 15.3 Å². The Morgan fingerprint density at radius 1 is 1.30 bits per heavy atom. The van der Waals surface area contributed by atoms with Gasteiger partial charge >= 0.3 is 0 Å². The quantitative estimate of drug-likeness (QED) is 0.771. The van der Waals surface area contributed by atoms with E-state index in [1.54, 1.807) is 0 Å². The van der Waals surface area contributed by atoms with Crippen LogP contribution in [0.25, 0.3) is 11.3 Å². The topological polar surface area (TPSA) is 108 Å². The van der Waals surface area contributed by atoms with Crippen LogP contribution in [0, 0.1) is 17.1 Å². The number of aromatic nitrogens is 2. The van der Waals surface area contributed by atoms with E-state index >= 15 is 0 Å². The van der Waals surface area contributed by atoms with Crippen molar-refractivity contribution in [2.24, 2.45) is 0 Å². The van der Waals surface area contributed by atoms with Crippen LogP contribution >= 0.6 is 0 Å². The first-order valence-electron chi connectivity index (χ1n) is 5.84. The monoisotopic (exact) mass is 273 g/mol. The second-order valence-electron chi connectivity index (χ2n) is 3.93. The molecule has 0 radical (unpaired) electrons. The Morgan fingerprint density at radius 2 is 2.00 bits per heavy atom. The predicted octanol–water partition coefficient (Wildman–Crippen LogP) is 1.14. The van der Waals surface area contributed by atoms with E-state index in [0.29, 0.717) is 11.3 Å². The molecule has 0 atom stereocenters. The second kappa shape index (κ2) is 5.95. The van der Waals surface area contributed by atoms with E-state index in [4.69, 9.17) is 16.1 Å². The number of rotatable bonds is 4. The molecule has 102 valence electrons. The minimum absolute atomic E-state index is 0.0299. The molecule has 1 heterocycles. The molecule has 0 bridgehead atoms. The maximum Gasteiger partial charge on any atom is 0.225 e. The molecule has 0 aliphatic carbocycles. The van der Waals surface area contributed by atoms with Gasteiger partial charge in [0.2, 0.25) is 5.95 Å². The van der Waals surface area contributed by atoms with Crippen LogP contribution < -0.4 is 11.1 Å². The third kappa shape index (κ3) is 2.81. The van der Waals surface area contributed by atoms with Crippen molar-refractivity contribution in [2.75, 3.05) is 24.2 Å². The molecule has 1 aromatic heterocycles. The second-order valence-corrected chi connectivity index (χ2v) is 3.93. The number of halogens is 1. The number of aliphatic hydroxyl groups is 1. The molecule has 7 heteroatoms. The summed E-state index contributed by atoms with van der Waals surface area (Å²) in [7, 11) is 0. The number of nitrogens with two attached hydrogens (primary N) is 1. The van der Waals surface area contributed by atoms with Gasteiger partial charge in [0, 0.05) is 12.1 Å². The summed E-state index contributed by atoms with van der Waals surface area (Å²) in [5.41, 5.74) is 6.73. The Balaban J connectivity index is 2.51. The average molecular weight is 273 g/mol. The molecule has 0 amide bonds. The van der Waals surface area contributed by atoms with Crippen molar-refractivity contribution in [1.29, 1.82) is 5.26 Å². The zero-order valence-corrected chi connectivity index (χ0v) is 10.5. The highest BCUT2D eigenvalue weighted by molar-refractivity contribution is 5.73. The molecule has 20 heavy (non-hydrogen) atoms. The molecule has 0 saturated carbocycles. The van der Waals surface area contributed by atoms with Gasteiger partial charge in [0.05, 0.1) is 12.3 Å². The maximum atomic E-state index is 12.9. The first-order valence-corrected chi connectivity index (χ1v) is 5.84. The molecule has 0 aliphatic rings. The minimum Gasteiger partial charge on any atom is -0.395 e. The summed E-state index contributed by atoms with van der Waals surface area (Å²) in [5.74, 6) is -0.148. The molecular weight excluding hydrogens is 261 g/mol. The largest absolute Gasteiger partial charge is 0.395 e. The number of hydrogen-bond acceptors (Lipinski definition) is 6. The summed E-state index contributed by atoms with van der Waals surface area (Å²) in [6, 6.07) is 7.50. The summed E-state index contributed by atoms with van der Waals surface area (Å²) in [6.45, 7) is 0.170. The van der Waals surface area contributed by atoms with Crippen molar-refractivity contribution in [3.63, 3.8) is 0 Å². The summed E-state index contributed by atoms with van der Waals surface area (Å²) in [6.07, 6.45) is 0. The lowest BCUT2D eigenvalue weighted by molar-refractivity contribution is 0.311. The standard InChI is InChI=1S/C13H12FN5O/c14-9-3-1-8(2-4-9)11-10(7-15)12(16)19-13(18-11)17-5-6-20/h1-4,20H,5-6H2,(H3,16,17,18,19). The van der Waals surface area contributed by atoms with Gasteiger partial charge in [-0.1, -0.05) is 0 Å². The van der Waals surface area contributed by atoms with Gasteiger partial charge in [0.25, 0.3) is 0 Å². The minimum atomic E-state index is -0.382. The third-order valence-corrected chi connectivity index (χ3v) is 2.56. The van der Waals surface area contributed by atoms with E-state index in [1.165, 1.54) is 24.3 Å². The van der Waals surface area contributed by atoms with Gasteiger partial charge in [-0.2, -0.15) is 10.2 Å². The zero-order chi connectivity index (χ0) is 14.5. The summed E-state index contributed by atoms with van der Waals surface area (Å²) >= 11 is 0. The number of anilines is 2. The Hall–Kier alpha value is -2.72. The fourth-order valence-corrected chi connectivity index (χ4v) is 1.65. The van der Waals surface area contributed by atoms with Crippen LogP contribution in [0.2, 0.25) is 0 Å². The fraction of sp³-hybridized carbons (Fsp3) is 0.154. The molecular formula is C13H12FN5O. The van der Waals surface area contributed by atoms with Gasteiger partial charge in [-0.3, -0.25) is 0 Å². The van der Waals surface area contributed by atoms with Crippen LogP contribution in [0.5, 0.6) is 0 Å². The van der Waals surface area contributed by atoms with Gasteiger partial charge in [0.1, 0.15) is 23.3 Å². The molecule has 1 aromatic carbocycles. The molecule has 0 aliphatic heterocycles. The third-order valence-electron chi connectivity index (χ3n) is 2.56. The molecule has 0 unspecified atom stereocenters. The first kappa shape index (κ1) is 13.7. The SMILES string of the molecule is N#Cc1c(N)nc(NCCO)nc1-c1ccc(F)cc1. The van der Waals surface area contributed by atoms with Crippen molar-refractivity contribution in [3.8, 4) is 17.3 Å². The summed E-state index contributed by atoms with van der Waals surface area (Å²) in [4.78, 5) is 8.12. The van der Waals surface area contributed by atoms with Crippen LogP contribution in [0.1, 0.15) is 5.56 Å². The smallest absolute Gasteiger partial charge is 0.225 e. The zero-order valence-electron chi connectivity index (χ0n) is 10.5. The molecule has 6 nitrogen and oxygen atoms in total. The van der Waals surface area contributed by atoms with Crippen molar-refractivity contribution >= 4 is 11.8 Å². The van der Waals surface area contributed by atoms with Crippen molar-refractivity contribution < 1.29 is 9.50 Å². The molecule has 0 spiro atoms. The lowest BCUT2D eigenvalue weighted by Gasteiger charge is -2.09. The highest BCUT2D eigenvalue weighted by Crippen LogP contribution is 2.25. The van der Waals surface area contributed by atoms with E-state index in [1.807, 2.05) is 6.07 Å². The van der Waals surface area contributed by atoms with Crippen molar-refractivity contribution in [2.45, 2.75) is 0 Å². The maximum absolute atomic E-state index is 12.9.